The van der Waals surface area contributed by atoms with Crippen molar-refractivity contribution in [2.45, 2.75) is 38.9 Å². The van der Waals surface area contributed by atoms with Crippen LogP contribution in [0.15, 0.2) is 23.0 Å². The van der Waals surface area contributed by atoms with E-state index in [0.29, 0.717) is 5.56 Å². The molecule has 0 aliphatic carbocycles. The van der Waals surface area contributed by atoms with Gasteiger partial charge in [-0.3, -0.25) is 4.79 Å². The highest BCUT2D eigenvalue weighted by Crippen LogP contribution is 2.36. The highest BCUT2D eigenvalue weighted by Gasteiger charge is 2.49. The number of H-pyrrole nitrogens is 1. The molecule has 1 aliphatic rings. The van der Waals surface area contributed by atoms with Gasteiger partial charge in [0.2, 0.25) is 0 Å². The lowest BCUT2D eigenvalue weighted by atomic mass is 9.89. The average Bonchev–Trinajstić information content (AvgIpc) is 2.49. The average molecular weight is 263 g/mol. The fourth-order valence-electron chi connectivity index (χ4n) is 1.74. The second-order valence-corrected chi connectivity index (χ2v) is 5.63. The van der Waals surface area contributed by atoms with Crippen molar-refractivity contribution >= 4 is 13.2 Å². The van der Waals surface area contributed by atoms with Crippen LogP contribution in [0.25, 0.3) is 6.08 Å². The van der Waals surface area contributed by atoms with E-state index in [9.17, 15) is 9.90 Å². The molecule has 5 nitrogen and oxygen atoms in total. The minimum Gasteiger partial charge on any atom is -0.503 e. The SMILES string of the molecule is CC1(C)OB(/C=C/c2c[nH]c(=O)c(O)c2)OC1(C)C. The van der Waals surface area contributed by atoms with Crippen LogP contribution in [0.5, 0.6) is 5.75 Å². The summed E-state index contributed by atoms with van der Waals surface area (Å²) in [4.78, 5) is 13.5. The fourth-order valence-corrected chi connectivity index (χ4v) is 1.74. The molecule has 19 heavy (non-hydrogen) atoms. The zero-order valence-electron chi connectivity index (χ0n) is 11.6. The summed E-state index contributed by atoms with van der Waals surface area (Å²) in [6.45, 7) is 7.92. The summed E-state index contributed by atoms with van der Waals surface area (Å²) in [5.41, 5.74) is -0.593. The van der Waals surface area contributed by atoms with E-state index >= 15 is 0 Å². The predicted molar refractivity (Wildman–Crippen MR) is 73.8 cm³/mol. The maximum atomic E-state index is 11.0. The molecule has 1 fully saturated rings. The third-order valence-corrected chi connectivity index (χ3v) is 3.62. The molecule has 1 aromatic heterocycles. The normalized spacial score (nSPS) is 21.2. The molecule has 2 rings (SSSR count). The maximum absolute atomic E-state index is 11.0. The molecule has 2 N–H and O–H groups in total. The van der Waals surface area contributed by atoms with Crippen molar-refractivity contribution in [3.63, 3.8) is 0 Å². The Kier molecular flexibility index (Phi) is 3.32. The van der Waals surface area contributed by atoms with Gasteiger partial charge in [0.1, 0.15) is 0 Å². The molecule has 0 bridgehead atoms. The monoisotopic (exact) mass is 263 g/mol. The first-order valence-electron chi connectivity index (χ1n) is 6.17. The summed E-state index contributed by atoms with van der Waals surface area (Å²) >= 11 is 0. The highest BCUT2D eigenvalue weighted by molar-refractivity contribution is 6.52. The Labute approximate surface area is 112 Å². The molecule has 1 aromatic rings. The number of hydrogen-bond donors (Lipinski definition) is 2. The van der Waals surface area contributed by atoms with E-state index in [1.54, 1.807) is 12.1 Å². The van der Waals surface area contributed by atoms with Crippen LogP contribution in [0.4, 0.5) is 0 Å². The second-order valence-electron chi connectivity index (χ2n) is 5.63. The van der Waals surface area contributed by atoms with Gasteiger partial charge in [0.15, 0.2) is 5.75 Å². The third kappa shape index (κ3) is 2.74. The van der Waals surface area contributed by atoms with Gasteiger partial charge in [-0.05, 0) is 39.3 Å². The van der Waals surface area contributed by atoms with Gasteiger partial charge in [-0.1, -0.05) is 12.1 Å². The van der Waals surface area contributed by atoms with Crippen LogP contribution in [0, 0.1) is 0 Å². The molecule has 1 saturated heterocycles. The van der Waals surface area contributed by atoms with Crippen LogP contribution in [-0.4, -0.2) is 28.4 Å². The maximum Gasteiger partial charge on any atom is 0.487 e. The molecule has 0 saturated carbocycles. The standard InChI is InChI=1S/C13H18BNO4/c1-12(2)13(3,4)19-14(18-12)6-5-9-7-10(16)11(17)15-8-9/h5-8,16H,1-4H3,(H,15,17)/b6-5+. The van der Waals surface area contributed by atoms with Gasteiger partial charge in [0.05, 0.1) is 11.2 Å². The van der Waals surface area contributed by atoms with E-state index in [0.717, 1.165) is 0 Å². The van der Waals surface area contributed by atoms with Crippen molar-refractivity contribution in [1.29, 1.82) is 0 Å². The summed E-state index contributed by atoms with van der Waals surface area (Å²) in [5.74, 6) is 1.44. The van der Waals surface area contributed by atoms with Crippen LogP contribution in [0.3, 0.4) is 0 Å². The van der Waals surface area contributed by atoms with Crippen molar-refractivity contribution in [3.8, 4) is 5.75 Å². The first-order chi connectivity index (χ1) is 8.71. The number of pyridine rings is 1. The number of nitrogens with one attached hydrogen (secondary N) is 1. The molecule has 1 aliphatic heterocycles. The Bertz CT molecular complexity index is 546. The zero-order valence-corrected chi connectivity index (χ0v) is 11.6. The number of aromatic hydroxyl groups is 1. The van der Waals surface area contributed by atoms with Crippen molar-refractivity contribution < 1.29 is 14.4 Å². The molecular weight excluding hydrogens is 245 g/mol. The van der Waals surface area contributed by atoms with E-state index in [1.165, 1.54) is 12.3 Å². The minimum absolute atomic E-state index is 0.309. The lowest BCUT2D eigenvalue weighted by molar-refractivity contribution is 0.00578. The van der Waals surface area contributed by atoms with E-state index in [1.807, 2.05) is 27.7 Å². The van der Waals surface area contributed by atoms with E-state index in [2.05, 4.69) is 4.98 Å². The summed E-state index contributed by atoms with van der Waals surface area (Å²) in [6.07, 6.45) is 3.25. The molecule has 0 atom stereocenters. The van der Waals surface area contributed by atoms with Gasteiger partial charge in [-0.15, -0.1) is 0 Å². The van der Waals surface area contributed by atoms with E-state index in [4.69, 9.17) is 9.31 Å². The first-order valence-corrected chi connectivity index (χ1v) is 6.17. The van der Waals surface area contributed by atoms with Crippen molar-refractivity contribution in [3.05, 3.63) is 34.2 Å². The Morgan fingerprint density at radius 3 is 2.37 bits per heavy atom. The Hall–Kier alpha value is -1.53. The largest absolute Gasteiger partial charge is 0.503 e. The molecule has 0 radical (unpaired) electrons. The lowest BCUT2D eigenvalue weighted by Crippen LogP contribution is -2.41. The summed E-state index contributed by atoms with van der Waals surface area (Å²) in [5, 5.41) is 9.32. The molecule has 0 unspecified atom stereocenters. The zero-order chi connectivity index (χ0) is 14.3. The Balaban J connectivity index is 2.12. The van der Waals surface area contributed by atoms with Crippen LogP contribution < -0.4 is 5.56 Å². The summed E-state index contributed by atoms with van der Waals surface area (Å²) < 4.78 is 11.6. The van der Waals surface area contributed by atoms with Gasteiger partial charge in [-0.2, -0.15) is 0 Å². The van der Waals surface area contributed by atoms with Gasteiger partial charge < -0.3 is 19.4 Å². The molecule has 0 spiro atoms. The van der Waals surface area contributed by atoms with Crippen LogP contribution in [0.2, 0.25) is 0 Å². The first kappa shape index (κ1) is 13.9. The predicted octanol–water partition coefficient (Wildman–Crippen LogP) is 1.73. The lowest BCUT2D eigenvalue weighted by Gasteiger charge is -2.32. The van der Waals surface area contributed by atoms with Gasteiger partial charge in [0.25, 0.3) is 5.56 Å². The molecule has 6 heteroatoms. The van der Waals surface area contributed by atoms with E-state index < -0.39 is 12.7 Å². The number of aromatic nitrogens is 1. The van der Waals surface area contributed by atoms with Gasteiger partial charge in [-0.25, -0.2) is 0 Å². The molecule has 2 heterocycles. The second kappa shape index (κ2) is 4.54. The third-order valence-electron chi connectivity index (χ3n) is 3.62. The van der Waals surface area contributed by atoms with Crippen molar-refractivity contribution in [1.82, 2.24) is 4.98 Å². The molecule has 102 valence electrons. The number of aromatic amines is 1. The Morgan fingerprint density at radius 2 is 1.84 bits per heavy atom. The molecule has 0 amide bonds. The van der Waals surface area contributed by atoms with E-state index in [-0.39, 0.29) is 17.0 Å². The van der Waals surface area contributed by atoms with Crippen molar-refractivity contribution in [2.24, 2.45) is 0 Å². The highest BCUT2D eigenvalue weighted by atomic mass is 16.7. The summed E-state index contributed by atoms with van der Waals surface area (Å²) in [7, 11) is -0.445. The van der Waals surface area contributed by atoms with Gasteiger partial charge in [0, 0.05) is 6.20 Å². The van der Waals surface area contributed by atoms with Crippen molar-refractivity contribution in [2.75, 3.05) is 0 Å². The number of hydrogen-bond acceptors (Lipinski definition) is 4. The van der Waals surface area contributed by atoms with Crippen LogP contribution >= 0.6 is 0 Å². The van der Waals surface area contributed by atoms with Gasteiger partial charge >= 0.3 is 7.12 Å². The topological polar surface area (TPSA) is 71.6 Å². The molecule has 0 aromatic carbocycles. The quantitative estimate of drug-likeness (QED) is 0.797. The molecular formula is C13H18BNO4. The Morgan fingerprint density at radius 1 is 1.26 bits per heavy atom. The minimum atomic E-state index is -0.507. The number of rotatable bonds is 2. The van der Waals surface area contributed by atoms with Crippen LogP contribution in [0.1, 0.15) is 33.3 Å². The van der Waals surface area contributed by atoms with Crippen LogP contribution in [-0.2, 0) is 9.31 Å². The smallest absolute Gasteiger partial charge is 0.487 e. The summed E-state index contributed by atoms with van der Waals surface area (Å²) in [6, 6.07) is 1.39. The fraction of sp³-hybridized carbons (Fsp3) is 0.462.